The predicted octanol–water partition coefficient (Wildman–Crippen LogP) is 1.74. The molecule has 0 spiro atoms. The van der Waals surface area contributed by atoms with Gasteiger partial charge in [-0.25, -0.2) is 11.7 Å². The zero-order chi connectivity index (χ0) is 17.1. The number of ether oxygens (including phenoxy) is 1. The van der Waals surface area contributed by atoms with Crippen molar-refractivity contribution in [3.63, 3.8) is 0 Å². The lowest BCUT2D eigenvalue weighted by molar-refractivity contribution is -0.109. The standard InChI is InChI=1S/C16H20N2O.CH4N2O/c1-3-14-10-7-11-15(18(2)17)16(14)19-12-13-8-5-4-6-9-13;2-3-1-4/h4-11H,3,12,17H2,1-2H3;1H,2H2,(H,3,4). The smallest absolute Gasteiger partial charge is 0.221 e. The Balaban J connectivity index is 0.000000593. The molecule has 6 heteroatoms. The molecule has 0 bridgehead atoms. The second kappa shape index (κ2) is 10.2. The van der Waals surface area contributed by atoms with Gasteiger partial charge in [0.1, 0.15) is 12.4 Å². The average molecular weight is 316 g/mol. The minimum Gasteiger partial charge on any atom is -0.486 e. The molecule has 5 N–H and O–H groups in total. The SMILES string of the molecule is CCc1cccc(N(C)N)c1OCc1ccccc1.NNC=O. The van der Waals surface area contributed by atoms with Gasteiger partial charge < -0.3 is 9.75 Å². The van der Waals surface area contributed by atoms with Crippen molar-refractivity contribution in [2.75, 3.05) is 12.1 Å². The predicted molar refractivity (Wildman–Crippen MR) is 92.6 cm³/mol. The Morgan fingerprint density at radius 1 is 1.17 bits per heavy atom. The fourth-order valence-electron chi connectivity index (χ4n) is 2.02. The van der Waals surface area contributed by atoms with Gasteiger partial charge in [-0.15, -0.1) is 0 Å². The van der Waals surface area contributed by atoms with Crippen LogP contribution in [0, 0.1) is 0 Å². The van der Waals surface area contributed by atoms with Crippen molar-refractivity contribution in [1.29, 1.82) is 0 Å². The molecule has 0 aliphatic rings. The minimum atomic E-state index is 0.403. The van der Waals surface area contributed by atoms with Gasteiger partial charge in [0.2, 0.25) is 6.41 Å². The van der Waals surface area contributed by atoms with Crippen LogP contribution in [0.2, 0.25) is 0 Å². The van der Waals surface area contributed by atoms with Crippen molar-refractivity contribution in [3.05, 3.63) is 59.7 Å². The third kappa shape index (κ3) is 5.98. The number of para-hydroxylation sites is 1. The first kappa shape index (κ1) is 18.5. The Morgan fingerprint density at radius 2 is 1.83 bits per heavy atom. The first-order valence-electron chi connectivity index (χ1n) is 7.30. The summed E-state index contributed by atoms with van der Waals surface area (Å²) < 4.78 is 5.98. The van der Waals surface area contributed by atoms with Crippen LogP contribution in [-0.4, -0.2) is 13.5 Å². The van der Waals surface area contributed by atoms with Gasteiger partial charge in [0, 0.05) is 7.05 Å². The van der Waals surface area contributed by atoms with E-state index in [1.54, 1.807) is 10.4 Å². The fourth-order valence-corrected chi connectivity index (χ4v) is 2.02. The van der Waals surface area contributed by atoms with Gasteiger partial charge in [-0.2, -0.15) is 0 Å². The van der Waals surface area contributed by atoms with E-state index in [0.29, 0.717) is 13.0 Å². The monoisotopic (exact) mass is 316 g/mol. The molecule has 0 aromatic heterocycles. The van der Waals surface area contributed by atoms with Gasteiger partial charge in [0.15, 0.2) is 0 Å². The molecule has 0 radical (unpaired) electrons. The number of carbonyl (C=O) groups excluding carboxylic acids is 1. The van der Waals surface area contributed by atoms with Crippen LogP contribution in [-0.2, 0) is 17.8 Å². The highest BCUT2D eigenvalue weighted by molar-refractivity contribution is 5.60. The largest absolute Gasteiger partial charge is 0.486 e. The molecule has 6 nitrogen and oxygen atoms in total. The minimum absolute atomic E-state index is 0.403. The zero-order valence-electron chi connectivity index (χ0n) is 13.5. The summed E-state index contributed by atoms with van der Waals surface area (Å²) in [6.07, 6.45) is 1.33. The number of rotatable bonds is 6. The molecule has 0 atom stereocenters. The van der Waals surface area contributed by atoms with Crippen molar-refractivity contribution in [2.24, 2.45) is 11.7 Å². The lowest BCUT2D eigenvalue weighted by Crippen LogP contribution is -2.25. The average Bonchev–Trinajstić information content (AvgIpc) is 2.60. The Morgan fingerprint density at radius 3 is 2.35 bits per heavy atom. The van der Waals surface area contributed by atoms with Crippen molar-refractivity contribution >= 4 is 12.1 Å². The van der Waals surface area contributed by atoms with E-state index in [9.17, 15) is 0 Å². The van der Waals surface area contributed by atoms with Crippen LogP contribution in [0.5, 0.6) is 5.75 Å². The van der Waals surface area contributed by atoms with Gasteiger partial charge in [0.05, 0.1) is 5.69 Å². The molecule has 2 aromatic rings. The number of nitrogens with one attached hydrogen (secondary N) is 1. The number of benzene rings is 2. The lowest BCUT2D eigenvalue weighted by atomic mass is 10.1. The quantitative estimate of drug-likeness (QED) is 0.327. The van der Waals surface area contributed by atoms with E-state index in [0.717, 1.165) is 23.4 Å². The number of aryl methyl sites for hydroxylation is 1. The molecule has 0 aliphatic carbocycles. The highest BCUT2D eigenvalue weighted by atomic mass is 16.5. The topological polar surface area (TPSA) is 93.6 Å². The van der Waals surface area contributed by atoms with E-state index >= 15 is 0 Å². The van der Waals surface area contributed by atoms with Gasteiger partial charge in [-0.1, -0.05) is 49.4 Å². The van der Waals surface area contributed by atoms with E-state index in [1.807, 2.05) is 37.4 Å². The van der Waals surface area contributed by atoms with E-state index in [-0.39, 0.29) is 0 Å². The summed E-state index contributed by atoms with van der Waals surface area (Å²) in [5, 5.41) is 1.60. The van der Waals surface area contributed by atoms with Crippen LogP contribution in [0.3, 0.4) is 0 Å². The maximum atomic E-state index is 8.94. The van der Waals surface area contributed by atoms with Crippen LogP contribution < -0.4 is 26.9 Å². The number of carbonyl (C=O) groups is 1. The van der Waals surface area contributed by atoms with Gasteiger partial charge in [0.25, 0.3) is 0 Å². The molecule has 0 saturated carbocycles. The summed E-state index contributed by atoms with van der Waals surface area (Å²) in [4.78, 5) is 8.94. The molecular weight excluding hydrogens is 292 g/mol. The number of nitrogens with two attached hydrogens (primary N) is 2. The van der Waals surface area contributed by atoms with Gasteiger partial charge in [-0.05, 0) is 23.6 Å². The summed E-state index contributed by atoms with van der Waals surface area (Å²) in [5.74, 6) is 11.1. The van der Waals surface area contributed by atoms with Crippen molar-refractivity contribution in [3.8, 4) is 5.75 Å². The molecule has 0 heterocycles. The second-order valence-electron chi connectivity index (χ2n) is 4.79. The molecule has 2 aromatic carbocycles. The zero-order valence-corrected chi connectivity index (χ0v) is 13.5. The Hall–Kier alpha value is -2.57. The first-order valence-corrected chi connectivity index (χ1v) is 7.30. The number of hydrogen-bond donors (Lipinski definition) is 3. The third-order valence-electron chi connectivity index (χ3n) is 3.13. The van der Waals surface area contributed by atoms with Crippen LogP contribution in [0.4, 0.5) is 5.69 Å². The third-order valence-corrected chi connectivity index (χ3v) is 3.13. The Kier molecular flexibility index (Phi) is 8.20. The van der Waals surface area contributed by atoms with Crippen LogP contribution >= 0.6 is 0 Å². The molecule has 23 heavy (non-hydrogen) atoms. The van der Waals surface area contributed by atoms with E-state index < -0.39 is 0 Å². The summed E-state index contributed by atoms with van der Waals surface area (Å²) in [7, 11) is 1.82. The fraction of sp³-hybridized carbons (Fsp3) is 0.235. The molecule has 1 amide bonds. The van der Waals surface area contributed by atoms with E-state index in [1.165, 1.54) is 5.56 Å². The van der Waals surface area contributed by atoms with Crippen LogP contribution in [0.25, 0.3) is 0 Å². The molecule has 0 fully saturated rings. The number of amides is 1. The maximum absolute atomic E-state index is 8.94. The maximum Gasteiger partial charge on any atom is 0.221 e. The summed E-state index contributed by atoms with van der Waals surface area (Å²) >= 11 is 0. The number of nitrogens with zero attached hydrogens (tertiary/aromatic N) is 1. The van der Waals surface area contributed by atoms with Crippen molar-refractivity contribution < 1.29 is 9.53 Å². The van der Waals surface area contributed by atoms with Crippen LogP contribution in [0.1, 0.15) is 18.1 Å². The number of hydrogen-bond acceptors (Lipinski definition) is 5. The van der Waals surface area contributed by atoms with E-state index in [4.69, 9.17) is 15.4 Å². The summed E-state index contributed by atoms with van der Waals surface area (Å²) in [6.45, 7) is 2.67. The molecular formula is C17H24N4O2. The van der Waals surface area contributed by atoms with Crippen LogP contribution in [0.15, 0.2) is 48.5 Å². The van der Waals surface area contributed by atoms with Gasteiger partial charge >= 0.3 is 0 Å². The summed E-state index contributed by atoms with van der Waals surface area (Å²) in [6, 6.07) is 16.2. The normalized spacial score (nSPS) is 9.39. The highest BCUT2D eigenvalue weighted by Crippen LogP contribution is 2.31. The van der Waals surface area contributed by atoms with Crippen molar-refractivity contribution in [1.82, 2.24) is 5.43 Å². The Bertz CT molecular complexity index is 588. The Labute approximate surface area is 137 Å². The first-order chi connectivity index (χ1) is 11.1. The molecule has 0 saturated heterocycles. The molecule has 124 valence electrons. The second-order valence-corrected chi connectivity index (χ2v) is 4.79. The van der Waals surface area contributed by atoms with E-state index in [2.05, 4.69) is 31.0 Å². The number of hydrazine groups is 2. The number of anilines is 1. The lowest BCUT2D eigenvalue weighted by Gasteiger charge is -2.20. The molecule has 0 aliphatic heterocycles. The van der Waals surface area contributed by atoms with Crippen molar-refractivity contribution in [2.45, 2.75) is 20.0 Å². The molecule has 0 unspecified atom stereocenters. The van der Waals surface area contributed by atoms with Gasteiger partial charge in [-0.3, -0.25) is 10.2 Å². The highest BCUT2D eigenvalue weighted by Gasteiger charge is 2.10. The summed E-state index contributed by atoms with van der Waals surface area (Å²) in [5.41, 5.74) is 4.99. The molecule has 2 rings (SSSR count).